The third-order valence-electron chi connectivity index (χ3n) is 2.45. The Morgan fingerprint density at radius 3 is 2.53 bits per heavy atom. The minimum absolute atomic E-state index is 0.109. The number of hydrogen-bond donors (Lipinski definition) is 1. The van der Waals surface area contributed by atoms with Crippen molar-refractivity contribution in [2.45, 2.75) is 37.8 Å². The highest BCUT2D eigenvalue weighted by atomic mass is 19.4. The van der Waals surface area contributed by atoms with Crippen molar-refractivity contribution in [2.24, 2.45) is 0 Å². The Balaban J connectivity index is 2.27. The highest BCUT2D eigenvalue weighted by Gasteiger charge is 2.43. The molecular weight excluding hydrogens is 211 g/mol. The number of ether oxygens (including phenoxy) is 2. The molecule has 15 heavy (non-hydrogen) atoms. The maximum atomic E-state index is 11.9. The van der Waals surface area contributed by atoms with E-state index in [1.54, 1.807) is 0 Å². The number of rotatable bonds is 5. The van der Waals surface area contributed by atoms with Gasteiger partial charge < -0.3 is 14.8 Å². The molecule has 0 amide bonds. The zero-order valence-electron chi connectivity index (χ0n) is 8.80. The van der Waals surface area contributed by atoms with Crippen LogP contribution in [0.4, 0.5) is 13.2 Å². The highest BCUT2D eigenvalue weighted by Crippen LogP contribution is 2.28. The molecule has 1 N–H and O–H groups in total. The van der Waals surface area contributed by atoms with Crippen molar-refractivity contribution < 1.29 is 22.6 Å². The zero-order valence-corrected chi connectivity index (χ0v) is 8.80. The number of nitrogens with one attached hydrogen (secondary N) is 1. The molecule has 1 rings (SSSR count). The van der Waals surface area contributed by atoms with Crippen molar-refractivity contribution in [1.82, 2.24) is 5.32 Å². The van der Waals surface area contributed by atoms with Crippen LogP contribution in [0.5, 0.6) is 0 Å². The van der Waals surface area contributed by atoms with Gasteiger partial charge in [-0.3, -0.25) is 0 Å². The van der Waals surface area contributed by atoms with Crippen LogP contribution in [0.25, 0.3) is 0 Å². The quantitative estimate of drug-likeness (QED) is 0.768. The van der Waals surface area contributed by atoms with Gasteiger partial charge in [-0.25, -0.2) is 0 Å². The standard InChI is InChI=1S/C9H16F3NO2/c1-3-13-6-4-7(8(6)14-2)15-5-9(10,11)12/h6-8,13H,3-5H2,1-2H3. The summed E-state index contributed by atoms with van der Waals surface area (Å²) >= 11 is 0. The van der Waals surface area contributed by atoms with Crippen LogP contribution >= 0.6 is 0 Å². The van der Waals surface area contributed by atoms with E-state index in [1.165, 1.54) is 7.11 Å². The van der Waals surface area contributed by atoms with Crippen molar-refractivity contribution >= 4 is 0 Å². The van der Waals surface area contributed by atoms with E-state index in [9.17, 15) is 13.2 Å². The minimum atomic E-state index is -4.26. The fraction of sp³-hybridized carbons (Fsp3) is 1.00. The summed E-state index contributed by atoms with van der Waals surface area (Å²) in [4.78, 5) is 0. The Hall–Kier alpha value is -0.330. The summed E-state index contributed by atoms with van der Waals surface area (Å²) in [7, 11) is 1.48. The number of likely N-dealkylation sites (N-methyl/N-ethyl adjacent to an activating group) is 1. The molecule has 1 fully saturated rings. The van der Waals surface area contributed by atoms with Crippen molar-refractivity contribution in [1.29, 1.82) is 0 Å². The molecule has 0 aromatic heterocycles. The predicted molar refractivity (Wildman–Crippen MR) is 48.7 cm³/mol. The first kappa shape index (κ1) is 12.7. The van der Waals surface area contributed by atoms with Crippen LogP contribution in [-0.4, -0.2) is 44.7 Å². The Labute approximate surface area is 86.9 Å². The lowest BCUT2D eigenvalue weighted by molar-refractivity contribution is -0.217. The summed E-state index contributed by atoms with van der Waals surface area (Å²) in [6.45, 7) is 1.52. The normalized spacial score (nSPS) is 31.4. The summed E-state index contributed by atoms with van der Waals surface area (Å²) in [5, 5.41) is 3.12. The van der Waals surface area contributed by atoms with Crippen LogP contribution in [0.1, 0.15) is 13.3 Å². The van der Waals surface area contributed by atoms with Crippen molar-refractivity contribution in [3.05, 3.63) is 0 Å². The molecule has 3 atom stereocenters. The molecule has 0 aliphatic heterocycles. The molecule has 6 heteroatoms. The number of alkyl halides is 3. The first-order valence-electron chi connectivity index (χ1n) is 4.92. The molecule has 3 unspecified atom stereocenters. The molecule has 0 heterocycles. The lowest BCUT2D eigenvalue weighted by Gasteiger charge is -2.43. The van der Waals surface area contributed by atoms with Crippen LogP contribution in [0.3, 0.4) is 0 Å². The molecule has 1 aliphatic rings. The molecular formula is C9H16F3NO2. The topological polar surface area (TPSA) is 30.5 Å². The third-order valence-corrected chi connectivity index (χ3v) is 2.45. The van der Waals surface area contributed by atoms with Gasteiger partial charge in [0, 0.05) is 13.2 Å². The Morgan fingerprint density at radius 1 is 1.40 bits per heavy atom. The maximum absolute atomic E-state index is 11.9. The van der Waals surface area contributed by atoms with Gasteiger partial charge in [0.1, 0.15) is 6.61 Å². The molecule has 3 nitrogen and oxygen atoms in total. The van der Waals surface area contributed by atoms with Gasteiger partial charge in [-0.05, 0) is 13.0 Å². The van der Waals surface area contributed by atoms with E-state index >= 15 is 0 Å². The molecule has 0 aromatic rings. The van der Waals surface area contributed by atoms with Gasteiger partial charge in [0.25, 0.3) is 0 Å². The second kappa shape index (κ2) is 5.14. The predicted octanol–water partition coefficient (Wildman–Crippen LogP) is 1.33. The van der Waals surface area contributed by atoms with Gasteiger partial charge in [-0.15, -0.1) is 0 Å². The van der Waals surface area contributed by atoms with E-state index in [2.05, 4.69) is 5.32 Å². The van der Waals surface area contributed by atoms with E-state index < -0.39 is 18.9 Å². The molecule has 0 radical (unpaired) electrons. The largest absolute Gasteiger partial charge is 0.411 e. The van der Waals surface area contributed by atoms with Crippen LogP contribution in [0.2, 0.25) is 0 Å². The van der Waals surface area contributed by atoms with Gasteiger partial charge in [0.15, 0.2) is 0 Å². The molecule has 0 saturated heterocycles. The van der Waals surface area contributed by atoms with Crippen LogP contribution in [0.15, 0.2) is 0 Å². The minimum Gasteiger partial charge on any atom is -0.377 e. The van der Waals surface area contributed by atoms with E-state index in [0.29, 0.717) is 6.42 Å². The van der Waals surface area contributed by atoms with E-state index in [4.69, 9.17) is 9.47 Å². The van der Waals surface area contributed by atoms with Crippen molar-refractivity contribution in [3.63, 3.8) is 0 Å². The number of methoxy groups -OCH3 is 1. The fourth-order valence-corrected chi connectivity index (χ4v) is 1.72. The second-order valence-electron chi connectivity index (χ2n) is 3.56. The molecule has 0 spiro atoms. The SMILES string of the molecule is CCNC1CC(OCC(F)(F)F)C1OC. The summed E-state index contributed by atoms with van der Waals surface area (Å²) in [6, 6.07) is 0.109. The summed E-state index contributed by atoms with van der Waals surface area (Å²) in [5.74, 6) is 0. The summed E-state index contributed by atoms with van der Waals surface area (Å²) in [5.41, 5.74) is 0. The summed E-state index contributed by atoms with van der Waals surface area (Å²) < 4.78 is 45.4. The first-order chi connectivity index (χ1) is 6.98. The molecule has 1 aliphatic carbocycles. The van der Waals surface area contributed by atoms with Crippen LogP contribution in [-0.2, 0) is 9.47 Å². The fourth-order valence-electron chi connectivity index (χ4n) is 1.72. The van der Waals surface area contributed by atoms with Crippen LogP contribution in [0, 0.1) is 0 Å². The van der Waals surface area contributed by atoms with Gasteiger partial charge in [0.05, 0.1) is 12.2 Å². The Bertz CT molecular complexity index is 198. The first-order valence-corrected chi connectivity index (χ1v) is 4.92. The monoisotopic (exact) mass is 227 g/mol. The van der Waals surface area contributed by atoms with E-state index in [1.807, 2.05) is 6.92 Å². The third kappa shape index (κ3) is 3.62. The highest BCUT2D eigenvalue weighted by molar-refractivity contribution is 4.96. The lowest BCUT2D eigenvalue weighted by Crippen LogP contribution is -2.60. The zero-order chi connectivity index (χ0) is 11.5. The smallest absolute Gasteiger partial charge is 0.377 e. The van der Waals surface area contributed by atoms with Crippen LogP contribution < -0.4 is 5.32 Å². The van der Waals surface area contributed by atoms with Gasteiger partial charge in [0.2, 0.25) is 0 Å². The van der Waals surface area contributed by atoms with Crippen molar-refractivity contribution in [2.75, 3.05) is 20.3 Å². The lowest BCUT2D eigenvalue weighted by atomic mass is 9.85. The molecule has 1 saturated carbocycles. The molecule has 0 aromatic carbocycles. The van der Waals surface area contributed by atoms with Gasteiger partial charge in [-0.2, -0.15) is 13.2 Å². The van der Waals surface area contributed by atoms with Gasteiger partial charge >= 0.3 is 6.18 Å². The van der Waals surface area contributed by atoms with Crippen molar-refractivity contribution in [3.8, 4) is 0 Å². The van der Waals surface area contributed by atoms with E-state index in [-0.39, 0.29) is 12.1 Å². The Kier molecular flexibility index (Phi) is 4.36. The second-order valence-corrected chi connectivity index (χ2v) is 3.56. The average molecular weight is 227 g/mol. The van der Waals surface area contributed by atoms with Gasteiger partial charge in [-0.1, -0.05) is 6.92 Å². The number of hydrogen-bond acceptors (Lipinski definition) is 3. The maximum Gasteiger partial charge on any atom is 0.411 e. The molecule has 0 bridgehead atoms. The molecule has 90 valence electrons. The van der Waals surface area contributed by atoms with E-state index in [0.717, 1.165) is 6.54 Å². The average Bonchev–Trinajstić information content (AvgIpc) is 2.08. The number of halogens is 3. The Morgan fingerprint density at radius 2 is 2.07 bits per heavy atom. The summed E-state index contributed by atoms with van der Waals surface area (Å²) in [6.07, 6.45) is -4.41.